The molecule has 0 aliphatic carbocycles. The first kappa shape index (κ1) is 17.7. The van der Waals surface area contributed by atoms with E-state index in [1.54, 1.807) is 7.11 Å². The Kier molecular flexibility index (Phi) is 6.14. The van der Waals surface area contributed by atoms with Crippen LogP contribution in [0, 0.1) is 5.41 Å². The third-order valence-electron chi connectivity index (χ3n) is 5.55. The van der Waals surface area contributed by atoms with Crippen molar-refractivity contribution in [2.45, 2.75) is 32.7 Å². The van der Waals surface area contributed by atoms with Gasteiger partial charge in [-0.25, -0.2) is 0 Å². The van der Waals surface area contributed by atoms with E-state index in [2.05, 4.69) is 34.9 Å². The monoisotopic (exact) mass is 332 g/mol. The van der Waals surface area contributed by atoms with Gasteiger partial charge in [0.1, 0.15) is 5.75 Å². The molecular weight excluding hydrogens is 300 g/mol. The summed E-state index contributed by atoms with van der Waals surface area (Å²) in [5.74, 6) is 0.960. The first-order chi connectivity index (χ1) is 11.7. The molecule has 0 amide bonds. The van der Waals surface area contributed by atoms with Gasteiger partial charge in [-0.2, -0.15) is 0 Å². The molecule has 0 aromatic heterocycles. The average Bonchev–Trinajstić information content (AvgIpc) is 2.97. The van der Waals surface area contributed by atoms with Gasteiger partial charge in [0.05, 0.1) is 13.7 Å². The van der Waals surface area contributed by atoms with Crippen molar-refractivity contribution >= 4 is 0 Å². The van der Waals surface area contributed by atoms with Gasteiger partial charge in [0.25, 0.3) is 0 Å². The Morgan fingerprint density at radius 1 is 1.12 bits per heavy atom. The van der Waals surface area contributed by atoms with Crippen molar-refractivity contribution in [2.24, 2.45) is 5.41 Å². The highest BCUT2D eigenvalue weighted by atomic mass is 16.5. The summed E-state index contributed by atoms with van der Waals surface area (Å²) >= 11 is 0. The summed E-state index contributed by atoms with van der Waals surface area (Å²) in [4.78, 5) is 5.25. The van der Waals surface area contributed by atoms with Crippen molar-refractivity contribution in [3.8, 4) is 5.75 Å². The molecule has 24 heavy (non-hydrogen) atoms. The summed E-state index contributed by atoms with van der Waals surface area (Å²) in [5, 5.41) is 0. The highest BCUT2D eigenvalue weighted by Gasteiger charge is 2.40. The molecule has 1 aromatic rings. The van der Waals surface area contributed by atoms with E-state index in [4.69, 9.17) is 9.47 Å². The minimum atomic E-state index is 0.503. The second-order valence-corrected chi connectivity index (χ2v) is 7.39. The van der Waals surface area contributed by atoms with Crippen LogP contribution in [0.3, 0.4) is 0 Å². The Morgan fingerprint density at radius 2 is 2.00 bits per heavy atom. The molecule has 0 bridgehead atoms. The Morgan fingerprint density at radius 3 is 2.83 bits per heavy atom. The lowest BCUT2D eigenvalue weighted by Gasteiger charge is -2.40. The van der Waals surface area contributed by atoms with Crippen molar-refractivity contribution in [1.82, 2.24) is 9.80 Å². The number of methoxy groups -OCH3 is 1. The third-order valence-corrected chi connectivity index (χ3v) is 5.55. The lowest BCUT2D eigenvalue weighted by Crippen LogP contribution is -2.44. The molecular formula is C20H32N2O2. The number of rotatable bonds is 7. The number of ether oxygens (including phenoxy) is 2. The average molecular weight is 332 g/mol. The van der Waals surface area contributed by atoms with Gasteiger partial charge in [-0.15, -0.1) is 0 Å². The van der Waals surface area contributed by atoms with Crippen molar-refractivity contribution in [2.75, 3.05) is 53.0 Å². The van der Waals surface area contributed by atoms with Crippen LogP contribution < -0.4 is 4.74 Å². The molecule has 3 rings (SSSR count). The van der Waals surface area contributed by atoms with E-state index in [1.165, 1.54) is 51.0 Å². The summed E-state index contributed by atoms with van der Waals surface area (Å²) in [6.07, 6.45) is 4.05. The molecule has 1 atom stereocenters. The number of likely N-dealkylation sites (tertiary alicyclic amines) is 2. The van der Waals surface area contributed by atoms with Gasteiger partial charge in [0.2, 0.25) is 0 Å². The van der Waals surface area contributed by atoms with Gasteiger partial charge in [0.15, 0.2) is 0 Å². The third kappa shape index (κ3) is 4.50. The lowest BCUT2D eigenvalue weighted by molar-refractivity contribution is 0.0783. The van der Waals surface area contributed by atoms with Gasteiger partial charge in [-0.05, 0) is 62.4 Å². The van der Waals surface area contributed by atoms with Crippen molar-refractivity contribution < 1.29 is 9.47 Å². The summed E-state index contributed by atoms with van der Waals surface area (Å²) in [5.41, 5.74) is 1.86. The smallest absolute Gasteiger partial charge is 0.119 e. The second kappa shape index (κ2) is 8.32. The quantitative estimate of drug-likeness (QED) is 0.717. The van der Waals surface area contributed by atoms with Gasteiger partial charge in [-0.1, -0.05) is 12.1 Å². The van der Waals surface area contributed by atoms with Crippen LogP contribution in [-0.2, 0) is 11.3 Å². The van der Waals surface area contributed by atoms with Crippen LogP contribution in [0.4, 0.5) is 0 Å². The molecule has 1 spiro atoms. The fourth-order valence-electron chi connectivity index (χ4n) is 4.36. The van der Waals surface area contributed by atoms with E-state index in [1.807, 2.05) is 6.07 Å². The van der Waals surface area contributed by atoms with Crippen LogP contribution in [0.15, 0.2) is 24.3 Å². The molecule has 134 valence electrons. The second-order valence-electron chi connectivity index (χ2n) is 7.39. The molecule has 4 heteroatoms. The van der Waals surface area contributed by atoms with E-state index in [9.17, 15) is 0 Å². The number of hydrogen-bond acceptors (Lipinski definition) is 4. The predicted molar refractivity (Wildman–Crippen MR) is 97.5 cm³/mol. The molecule has 2 heterocycles. The standard InChI is InChI=1S/C20H32N2O2/c1-3-24-13-12-21-11-9-20(16-21)8-5-10-22(17-20)15-18-6-4-7-19(14-18)23-2/h4,6-7,14H,3,5,8-13,15-17H2,1-2H3. The van der Waals surface area contributed by atoms with Gasteiger partial charge < -0.3 is 14.4 Å². The molecule has 2 fully saturated rings. The zero-order chi connectivity index (χ0) is 16.8. The van der Waals surface area contributed by atoms with Crippen molar-refractivity contribution in [1.29, 1.82) is 0 Å². The summed E-state index contributed by atoms with van der Waals surface area (Å²) in [7, 11) is 1.74. The first-order valence-corrected chi connectivity index (χ1v) is 9.38. The van der Waals surface area contributed by atoms with Gasteiger partial charge in [-0.3, -0.25) is 4.90 Å². The minimum absolute atomic E-state index is 0.503. The molecule has 1 unspecified atom stereocenters. The fourth-order valence-corrected chi connectivity index (χ4v) is 4.36. The van der Waals surface area contributed by atoms with Crippen molar-refractivity contribution in [3.05, 3.63) is 29.8 Å². The lowest BCUT2D eigenvalue weighted by atomic mass is 9.79. The largest absolute Gasteiger partial charge is 0.497 e. The fraction of sp³-hybridized carbons (Fsp3) is 0.700. The number of benzene rings is 1. The summed E-state index contributed by atoms with van der Waals surface area (Å²) in [6, 6.07) is 8.50. The van der Waals surface area contributed by atoms with E-state index >= 15 is 0 Å². The maximum absolute atomic E-state index is 5.53. The molecule has 2 aliphatic rings. The Labute approximate surface area is 146 Å². The van der Waals surface area contributed by atoms with E-state index in [0.717, 1.165) is 32.1 Å². The Balaban J connectivity index is 1.54. The highest BCUT2D eigenvalue weighted by molar-refractivity contribution is 5.28. The van der Waals surface area contributed by atoms with E-state index < -0.39 is 0 Å². The molecule has 1 aromatic carbocycles. The zero-order valence-electron chi connectivity index (χ0n) is 15.3. The maximum Gasteiger partial charge on any atom is 0.119 e. The molecule has 0 radical (unpaired) electrons. The molecule has 4 nitrogen and oxygen atoms in total. The molecule has 2 saturated heterocycles. The van der Waals surface area contributed by atoms with E-state index in [-0.39, 0.29) is 0 Å². The molecule has 2 aliphatic heterocycles. The normalized spacial score (nSPS) is 25.4. The van der Waals surface area contributed by atoms with Crippen LogP contribution in [0.25, 0.3) is 0 Å². The van der Waals surface area contributed by atoms with Gasteiger partial charge in [0, 0.05) is 32.8 Å². The first-order valence-electron chi connectivity index (χ1n) is 9.38. The SMILES string of the molecule is CCOCCN1CCC2(CCCN(Cc3cccc(OC)c3)C2)C1. The summed E-state index contributed by atoms with van der Waals surface area (Å²) < 4.78 is 10.9. The van der Waals surface area contributed by atoms with Crippen LogP contribution in [0.1, 0.15) is 31.7 Å². The van der Waals surface area contributed by atoms with E-state index in [0.29, 0.717) is 5.41 Å². The van der Waals surface area contributed by atoms with Crippen LogP contribution >= 0.6 is 0 Å². The van der Waals surface area contributed by atoms with Crippen LogP contribution in [0.5, 0.6) is 5.75 Å². The maximum atomic E-state index is 5.53. The van der Waals surface area contributed by atoms with Crippen molar-refractivity contribution in [3.63, 3.8) is 0 Å². The molecule has 0 saturated carbocycles. The topological polar surface area (TPSA) is 24.9 Å². The van der Waals surface area contributed by atoms with Crippen LogP contribution in [-0.4, -0.2) is 62.8 Å². The molecule has 0 N–H and O–H groups in total. The summed E-state index contributed by atoms with van der Waals surface area (Å²) in [6.45, 7) is 10.8. The van der Waals surface area contributed by atoms with Crippen LogP contribution in [0.2, 0.25) is 0 Å². The number of hydrogen-bond donors (Lipinski definition) is 0. The predicted octanol–water partition coefficient (Wildman–Crippen LogP) is 3.02. The number of piperidine rings is 1. The highest BCUT2D eigenvalue weighted by Crippen LogP contribution is 2.39. The number of nitrogens with zero attached hydrogens (tertiary/aromatic N) is 2. The minimum Gasteiger partial charge on any atom is -0.497 e. The zero-order valence-corrected chi connectivity index (χ0v) is 15.3. The Bertz CT molecular complexity index is 522. The van der Waals surface area contributed by atoms with Gasteiger partial charge >= 0.3 is 0 Å². The Hall–Kier alpha value is -1.10.